The van der Waals surface area contributed by atoms with Gasteiger partial charge in [-0.3, -0.25) is 9.69 Å². The lowest BCUT2D eigenvalue weighted by Gasteiger charge is -2.29. The summed E-state index contributed by atoms with van der Waals surface area (Å²) in [6.45, 7) is 0.785. The largest absolute Gasteiger partial charge is 0.508 e. The minimum Gasteiger partial charge on any atom is -0.508 e. The second kappa shape index (κ2) is 11.2. The molecule has 2 N–H and O–H groups in total. The van der Waals surface area contributed by atoms with Gasteiger partial charge in [-0.25, -0.2) is 0 Å². The van der Waals surface area contributed by atoms with Crippen LogP contribution >= 0.6 is 0 Å². The Bertz CT molecular complexity index is 1030. The molecular weight excluding hydrogens is 422 g/mol. The first-order chi connectivity index (χ1) is 15.9. The maximum atomic E-state index is 12.4. The van der Waals surface area contributed by atoms with Crippen molar-refractivity contribution in [1.82, 2.24) is 4.90 Å². The molecule has 3 rings (SSSR count). The molecule has 7 heteroatoms. The molecule has 0 heterocycles. The Balaban J connectivity index is 1.94. The highest BCUT2D eigenvalue weighted by Crippen LogP contribution is 2.26. The van der Waals surface area contributed by atoms with Gasteiger partial charge >= 0.3 is 5.97 Å². The summed E-state index contributed by atoms with van der Waals surface area (Å²) in [7, 11) is 4.77. The van der Waals surface area contributed by atoms with Crippen LogP contribution in [0.2, 0.25) is 0 Å². The lowest BCUT2D eigenvalue weighted by molar-refractivity contribution is -0.143. The molecule has 0 saturated carbocycles. The average Bonchev–Trinajstić information content (AvgIpc) is 2.83. The van der Waals surface area contributed by atoms with Crippen molar-refractivity contribution in [2.75, 3.05) is 21.3 Å². The quantitative estimate of drug-likeness (QED) is 0.453. The summed E-state index contributed by atoms with van der Waals surface area (Å²) in [5.74, 6) is 1.23. The number of phenols is 1. The summed E-state index contributed by atoms with van der Waals surface area (Å²) in [6, 6.07) is 18.9. The van der Waals surface area contributed by atoms with E-state index in [4.69, 9.17) is 14.2 Å². The van der Waals surface area contributed by atoms with Gasteiger partial charge in [0.25, 0.3) is 0 Å². The van der Waals surface area contributed by atoms with Crippen LogP contribution in [0.1, 0.15) is 16.7 Å². The zero-order valence-corrected chi connectivity index (χ0v) is 19.0. The second-order valence-electron chi connectivity index (χ2n) is 7.70. The molecule has 0 bridgehead atoms. The molecule has 3 aromatic carbocycles. The zero-order chi connectivity index (χ0) is 23.8. The molecule has 0 fully saturated rings. The van der Waals surface area contributed by atoms with E-state index in [-0.39, 0.29) is 12.2 Å². The monoisotopic (exact) mass is 451 g/mol. The molecule has 0 aliphatic heterocycles. The van der Waals surface area contributed by atoms with Gasteiger partial charge in [-0.1, -0.05) is 24.3 Å². The van der Waals surface area contributed by atoms with Crippen LogP contribution in [0.25, 0.3) is 0 Å². The molecule has 0 aromatic heterocycles. The molecule has 0 spiro atoms. The molecule has 1 atom stereocenters. The van der Waals surface area contributed by atoms with Crippen LogP contribution in [0.3, 0.4) is 0 Å². The molecular formula is C26H29NO6. The SMILES string of the molecule is COc1ccc(CN(Cc2cc(OC)cc(OC)c2)C(Cc2ccc(O)cc2)C(=O)O)cc1. The fraction of sp³-hybridized carbons (Fsp3) is 0.269. The Hall–Kier alpha value is -3.71. The number of hydrogen-bond acceptors (Lipinski definition) is 6. The number of rotatable bonds is 11. The molecule has 33 heavy (non-hydrogen) atoms. The average molecular weight is 452 g/mol. The lowest BCUT2D eigenvalue weighted by Crippen LogP contribution is -2.42. The maximum Gasteiger partial charge on any atom is 0.321 e. The Labute approximate surface area is 193 Å². The van der Waals surface area contributed by atoms with Gasteiger partial charge in [-0.2, -0.15) is 0 Å². The standard InChI is InChI=1S/C26H29NO6/c1-31-22-10-6-19(7-11-22)16-27(17-20-12-23(32-2)15-24(13-20)33-3)25(26(29)30)14-18-4-8-21(28)9-5-18/h4-13,15,25,28H,14,16-17H2,1-3H3,(H,29,30). The highest BCUT2D eigenvalue weighted by Gasteiger charge is 2.27. The van der Waals surface area contributed by atoms with Gasteiger partial charge in [0.2, 0.25) is 0 Å². The van der Waals surface area contributed by atoms with E-state index in [1.54, 1.807) is 51.7 Å². The summed E-state index contributed by atoms with van der Waals surface area (Å²) in [4.78, 5) is 14.3. The smallest absolute Gasteiger partial charge is 0.321 e. The minimum atomic E-state index is -0.925. The van der Waals surface area contributed by atoms with Crippen LogP contribution in [0, 0.1) is 0 Å². The molecule has 3 aromatic rings. The number of phenolic OH excluding ortho intramolecular Hbond substituents is 1. The first-order valence-corrected chi connectivity index (χ1v) is 10.5. The number of methoxy groups -OCH3 is 3. The Morgan fingerprint density at radius 2 is 1.27 bits per heavy atom. The number of carboxylic acids is 1. The van der Waals surface area contributed by atoms with E-state index < -0.39 is 12.0 Å². The van der Waals surface area contributed by atoms with Crippen molar-refractivity contribution in [2.45, 2.75) is 25.6 Å². The molecule has 0 aliphatic rings. The normalized spacial score (nSPS) is 11.8. The van der Waals surface area contributed by atoms with Gasteiger partial charge in [0.05, 0.1) is 21.3 Å². The third-order valence-corrected chi connectivity index (χ3v) is 5.43. The number of carbonyl (C=O) groups is 1. The van der Waals surface area contributed by atoms with Crippen LogP contribution < -0.4 is 14.2 Å². The van der Waals surface area contributed by atoms with E-state index in [0.717, 1.165) is 22.4 Å². The van der Waals surface area contributed by atoms with Gasteiger partial charge in [0, 0.05) is 19.2 Å². The van der Waals surface area contributed by atoms with E-state index in [1.165, 1.54) is 0 Å². The number of aromatic hydroxyl groups is 1. The molecule has 1 unspecified atom stereocenters. The van der Waals surface area contributed by atoms with Gasteiger partial charge in [-0.05, 0) is 59.5 Å². The van der Waals surface area contributed by atoms with Crippen molar-refractivity contribution >= 4 is 5.97 Å². The fourth-order valence-electron chi connectivity index (χ4n) is 3.66. The van der Waals surface area contributed by atoms with Crippen molar-refractivity contribution in [2.24, 2.45) is 0 Å². The van der Waals surface area contributed by atoms with E-state index in [1.807, 2.05) is 41.3 Å². The molecule has 0 amide bonds. The van der Waals surface area contributed by atoms with E-state index in [9.17, 15) is 15.0 Å². The summed E-state index contributed by atoms with van der Waals surface area (Å²) < 4.78 is 16.0. The van der Waals surface area contributed by atoms with E-state index in [2.05, 4.69) is 0 Å². The van der Waals surface area contributed by atoms with Gasteiger partial charge in [0.1, 0.15) is 29.0 Å². The number of aliphatic carboxylic acids is 1. The topological polar surface area (TPSA) is 88.5 Å². The van der Waals surface area contributed by atoms with Gasteiger partial charge in [-0.15, -0.1) is 0 Å². The van der Waals surface area contributed by atoms with Crippen molar-refractivity contribution in [1.29, 1.82) is 0 Å². The number of carboxylic acid groups (broad SMARTS) is 1. The van der Waals surface area contributed by atoms with Crippen molar-refractivity contribution in [3.8, 4) is 23.0 Å². The second-order valence-corrected chi connectivity index (χ2v) is 7.70. The van der Waals surface area contributed by atoms with Crippen molar-refractivity contribution < 1.29 is 29.2 Å². The van der Waals surface area contributed by atoms with Crippen LogP contribution in [-0.4, -0.2) is 48.5 Å². The highest BCUT2D eigenvalue weighted by molar-refractivity contribution is 5.74. The van der Waals surface area contributed by atoms with Crippen LogP contribution in [0.5, 0.6) is 23.0 Å². The molecule has 0 radical (unpaired) electrons. The van der Waals surface area contributed by atoms with Gasteiger partial charge < -0.3 is 24.4 Å². The lowest BCUT2D eigenvalue weighted by atomic mass is 10.0. The van der Waals surface area contributed by atoms with Crippen LogP contribution in [0.15, 0.2) is 66.7 Å². The third kappa shape index (κ3) is 6.63. The van der Waals surface area contributed by atoms with Gasteiger partial charge in [0.15, 0.2) is 0 Å². The van der Waals surface area contributed by atoms with Crippen LogP contribution in [0.4, 0.5) is 0 Å². The van der Waals surface area contributed by atoms with Crippen molar-refractivity contribution in [3.05, 3.63) is 83.4 Å². The number of hydrogen-bond donors (Lipinski definition) is 2. The number of ether oxygens (including phenoxy) is 3. The summed E-state index contributed by atoms with van der Waals surface area (Å²) in [5, 5.41) is 19.7. The predicted molar refractivity (Wildman–Crippen MR) is 125 cm³/mol. The maximum absolute atomic E-state index is 12.4. The van der Waals surface area contributed by atoms with E-state index >= 15 is 0 Å². The first-order valence-electron chi connectivity index (χ1n) is 10.5. The summed E-state index contributed by atoms with van der Waals surface area (Å²) in [5.41, 5.74) is 2.66. The Morgan fingerprint density at radius 3 is 1.79 bits per heavy atom. The molecule has 0 saturated heterocycles. The Morgan fingerprint density at radius 1 is 0.758 bits per heavy atom. The van der Waals surface area contributed by atoms with Crippen molar-refractivity contribution in [3.63, 3.8) is 0 Å². The van der Waals surface area contributed by atoms with E-state index in [0.29, 0.717) is 24.6 Å². The molecule has 174 valence electrons. The summed E-state index contributed by atoms with van der Waals surface area (Å²) >= 11 is 0. The van der Waals surface area contributed by atoms with Crippen LogP contribution in [-0.2, 0) is 24.3 Å². The minimum absolute atomic E-state index is 0.143. The predicted octanol–water partition coefficient (Wildman–Crippen LogP) is 4.12. The first kappa shape index (κ1) is 23.9. The summed E-state index contributed by atoms with van der Waals surface area (Å²) in [6.07, 6.45) is 0.285. The fourth-order valence-corrected chi connectivity index (χ4v) is 3.66. The molecule has 7 nitrogen and oxygen atoms in total. The Kier molecular flexibility index (Phi) is 8.16. The third-order valence-electron chi connectivity index (χ3n) is 5.43. The number of nitrogens with zero attached hydrogens (tertiary/aromatic N) is 1. The number of benzene rings is 3. The molecule has 0 aliphatic carbocycles. The zero-order valence-electron chi connectivity index (χ0n) is 19.0. The highest BCUT2D eigenvalue weighted by atomic mass is 16.5.